The molecule has 3 N–H and O–H groups in total. The van der Waals surface area contributed by atoms with Gasteiger partial charge < -0.3 is 20.2 Å². The number of rotatable bonds is 4. The van der Waals surface area contributed by atoms with Crippen molar-refractivity contribution in [1.82, 2.24) is 10.3 Å². The van der Waals surface area contributed by atoms with Crippen LogP contribution in [0.25, 0.3) is 11.5 Å². The maximum atomic E-state index is 11.5. The summed E-state index contributed by atoms with van der Waals surface area (Å²) in [4.78, 5) is 15.8. The van der Waals surface area contributed by atoms with Gasteiger partial charge in [-0.15, -0.1) is 0 Å². The number of hydrogen-bond donors (Lipinski definition) is 3. The smallest absolute Gasteiger partial charge is 0.319 e. The second-order valence-electron chi connectivity index (χ2n) is 4.43. The van der Waals surface area contributed by atoms with Crippen LogP contribution in [0.5, 0.6) is 0 Å². The number of nitrogens with zero attached hydrogens (tertiary/aromatic N) is 1. The molecule has 0 aliphatic carbocycles. The summed E-state index contributed by atoms with van der Waals surface area (Å²) in [6, 6.07) is 5.13. The first-order valence-corrected chi connectivity index (χ1v) is 6.29. The molecule has 0 fully saturated rings. The molecule has 0 saturated carbocycles. The molecule has 0 bridgehead atoms. The predicted molar refractivity (Wildman–Crippen MR) is 75.5 cm³/mol. The van der Waals surface area contributed by atoms with E-state index in [-0.39, 0.29) is 19.2 Å². The first-order valence-electron chi connectivity index (χ1n) is 6.29. The van der Waals surface area contributed by atoms with Crippen LogP contribution in [0.2, 0.25) is 0 Å². The zero-order valence-electron chi connectivity index (χ0n) is 11.4. The zero-order valence-corrected chi connectivity index (χ0v) is 11.4. The molecule has 0 aliphatic rings. The normalized spacial score (nSPS) is 10.3. The number of amides is 2. The number of oxazole rings is 1. The predicted octanol–water partition coefficient (Wildman–Crippen LogP) is 2.07. The summed E-state index contributed by atoms with van der Waals surface area (Å²) < 4.78 is 5.38. The Kier molecular flexibility index (Phi) is 4.37. The molecule has 0 atom stereocenters. The average Bonchev–Trinajstić information content (AvgIpc) is 2.85. The molecule has 1 aromatic carbocycles. The number of aryl methyl sites for hydroxylation is 2. The number of benzene rings is 1. The van der Waals surface area contributed by atoms with Crippen molar-refractivity contribution in [2.24, 2.45) is 0 Å². The summed E-state index contributed by atoms with van der Waals surface area (Å²) in [5, 5.41) is 13.9. The molecule has 6 heteroatoms. The molecule has 1 heterocycles. The van der Waals surface area contributed by atoms with Crippen molar-refractivity contribution in [1.29, 1.82) is 0 Å². The molecular formula is C14H17N3O3. The highest BCUT2D eigenvalue weighted by Crippen LogP contribution is 2.25. The number of aliphatic hydroxyl groups is 1. The molecule has 6 nitrogen and oxygen atoms in total. The van der Waals surface area contributed by atoms with Crippen LogP contribution in [0.15, 0.2) is 28.9 Å². The van der Waals surface area contributed by atoms with Crippen molar-refractivity contribution < 1.29 is 14.3 Å². The highest BCUT2D eigenvalue weighted by molar-refractivity contribution is 5.90. The number of aliphatic hydroxyl groups excluding tert-OH is 1. The molecular weight excluding hydrogens is 258 g/mol. The third-order valence-corrected chi connectivity index (χ3v) is 2.74. The van der Waals surface area contributed by atoms with Crippen molar-refractivity contribution in [3.63, 3.8) is 0 Å². The molecule has 1 aromatic heterocycles. The summed E-state index contributed by atoms with van der Waals surface area (Å²) >= 11 is 0. The van der Waals surface area contributed by atoms with Gasteiger partial charge in [-0.25, -0.2) is 9.78 Å². The van der Waals surface area contributed by atoms with Crippen molar-refractivity contribution in [2.75, 3.05) is 18.5 Å². The summed E-state index contributed by atoms with van der Waals surface area (Å²) in [6.07, 6.45) is 1.59. The van der Waals surface area contributed by atoms with Gasteiger partial charge in [0.05, 0.1) is 12.3 Å². The number of carbonyl (C=O) groups is 1. The lowest BCUT2D eigenvalue weighted by atomic mass is 10.1. The minimum Gasteiger partial charge on any atom is -0.444 e. The van der Waals surface area contributed by atoms with E-state index in [0.29, 0.717) is 11.6 Å². The highest BCUT2D eigenvalue weighted by Gasteiger charge is 2.10. The molecule has 20 heavy (non-hydrogen) atoms. The van der Waals surface area contributed by atoms with Gasteiger partial charge in [0.15, 0.2) is 0 Å². The maximum Gasteiger partial charge on any atom is 0.319 e. The average molecular weight is 275 g/mol. The van der Waals surface area contributed by atoms with Crippen molar-refractivity contribution in [3.05, 3.63) is 35.7 Å². The van der Waals surface area contributed by atoms with Gasteiger partial charge in [-0.2, -0.15) is 0 Å². The molecule has 2 aromatic rings. The maximum absolute atomic E-state index is 11.5. The van der Waals surface area contributed by atoms with E-state index in [9.17, 15) is 4.79 Å². The monoisotopic (exact) mass is 275 g/mol. The van der Waals surface area contributed by atoms with Gasteiger partial charge >= 0.3 is 6.03 Å². The second-order valence-corrected chi connectivity index (χ2v) is 4.43. The van der Waals surface area contributed by atoms with E-state index in [2.05, 4.69) is 15.6 Å². The summed E-state index contributed by atoms with van der Waals surface area (Å²) in [7, 11) is 0. The van der Waals surface area contributed by atoms with E-state index in [1.54, 1.807) is 18.4 Å². The van der Waals surface area contributed by atoms with Crippen LogP contribution in [0, 0.1) is 13.8 Å². The molecule has 0 radical (unpaired) electrons. The van der Waals surface area contributed by atoms with Crippen LogP contribution in [-0.2, 0) is 0 Å². The minimum absolute atomic E-state index is 0.0951. The van der Waals surface area contributed by atoms with Crippen molar-refractivity contribution in [2.45, 2.75) is 13.8 Å². The number of hydrogen-bond acceptors (Lipinski definition) is 4. The molecule has 106 valence electrons. The Bertz CT molecular complexity index is 607. The number of carbonyl (C=O) groups excluding carboxylic acids is 1. The van der Waals surface area contributed by atoms with Gasteiger partial charge in [-0.3, -0.25) is 0 Å². The fourth-order valence-electron chi connectivity index (χ4n) is 1.75. The Balaban J connectivity index is 2.18. The standard InChI is InChI=1S/C14H17N3O3/c1-9-3-4-11(17-14(19)15-5-6-18)7-12(9)13-16-10(2)8-20-13/h3-4,7-8,18H,5-6H2,1-2H3,(H2,15,17,19). The SMILES string of the molecule is Cc1coc(-c2cc(NC(=O)NCCO)ccc2C)n1. The molecule has 2 rings (SSSR count). The zero-order chi connectivity index (χ0) is 14.5. The van der Waals surface area contributed by atoms with Gasteiger partial charge in [0, 0.05) is 17.8 Å². The Hall–Kier alpha value is -2.34. The third-order valence-electron chi connectivity index (χ3n) is 2.74. The van der Waals surface area contributed by atoms with Crippen molar-refractivity contribution >= 4 is 11.7 Å². The quantitative estimate of drug-likeness (QED) is 0.797. The molecule has 0 saturated heterocycles. The van der Waals surface area contributed by atoms with Gasteiger partial charge in [0.25, 0.3) is 0 Å². The first-order chi connectivity index (χ1) is 9.60. The topological polar surface area (TPSA) is 87.4 Å². The number of urea groups is 1. The van der Waals surface area contributed by atoms with Gasteiger partial charge in [-0.1, -0.05) is 6.07 Å². The second kappa shape index (κ2) is 6.21. The van der Waals surface area contributed by atoms with E-state index in [4.69, 9.17) is 9.52 Å². The lowest BCUT2D eigenvalue weighted by Crippen LogP contribution is -2.30. The molecule has 0 unspecified atom stereocenters. The van der Waals surface area contributed by atoms with Crippen LogP contribution >= 0.6 is 0 Å². The number of aromatic nitrogens is 1. The summed E-state index contributed by atoms with van der Waals surface area (Å²) in [6.45, 7) is 3.92. The van der Waals surface area contributed by atoms with E-state index in [1.807, 2.05) is 19.9 Å². The number of nitrogens with one attached hydrogen (secondary N) is 2. The van der Waals surface area contributed by atoms with Crippen molar-refractivity contribution in [3.8, 4) is 11.5 Å². The van der Waals surface area contributed by atoms with E-state index in [0.717, 1.165) is 16.8 Å². The molecule has 0 aliphatic heterocycles. The van der Waals surface area contributed by atoms with Crippen LogP contribution in [-0.4, -0.2) is 29.3 Å². The summed E-state index contributed by atoms with van der Waals surface area (Å²) in [5.74, 6) is 0.527. The first kappa shape index (κ1) is 14.1. The molecule has 0 spiro atoms. The van der Waals surface area contributed by atoms with E-state index >= 15 is 0 Å². The largest absolute Gasteiger partial charge is 0.444 e. The van der Waals surface area contributed by atoms with E-state index < -0.39 is 0 Å². The molecule has 2 amide bonds. The fraction of sp³-hybridized carbons (Fsp3) is 0.286. The Morgan fingerprint density at radius 1 is 1.40 bits per heavy atom. The Morgan fingerprint density at radius 2 is 2.20 bits per heavy atom. The van der Waals surface area contributed by atoms with Crippen LogP contribution in [0.4, 0.5) is 10.5 Å². The van der Waals surface area contributed by atoms with Gasteiger partial charge in [-0.05, 0) is 31.5 Å². The number of anilines is 1. The third kappa shape index (κ3) is 3.36. The van der Waals surface area contributed by atoms with Crippen LogP contribution in [0.3, 0.4) is 0 Å². The Morgan fingerprint density at radius 3 is 2.85 bits per heavy atom. The van der Waals surface area contributed by atoms with E-state index in [1.165, 1.54) is 0 Å². The highest BCUT2D eigenvalue weighted by atomic mass is 16.3. The van der Waals surface area contributed by atoms with Gasteiger partial charge in [0.1, 0.15) is 6.26 Å². The van der Waals surface area contributed by atoms with Crippen LogP contribution in [0.1, 0.15) is 11.3 Å². The summed E-state index contributed by atoms with van der Waals surface area (Å²) in [5.41, 5.74) is 3.28. The minimum atomic E-state index is -0.363. The lowest BCUT2D eigenvalue weighted by Gasteiger charge is -2.09. The Labute approximate surface area is 116 Å². The fourth-order valence-corrected chi connectivity index (χ4v) is 1.75. The lowest BCUT2D eigenvalue weighted by molar-refractivity contribution is 0.245. The van der Waals surface area contributed by atoms with Crippen LogP contribution < -0.4 is 10.6 Å². The van der Waals surface area contributed by atoms with Gasteiger partial charge in [0.2, 0.25) is 5.89 Å².